The zero-order chi connectivity index (χ0) is 16.2. The minimum atomic E-state index is 0.405. The average Bonchev–Trinajstić information content (AvgIpc) is 3.05. The van der Waals surface area contributed by atoms with Crippen LogP contribution in [0.5, 0.6) is 0 Å². The van der Waals surface area contributed by atoms with Crippen LogP contribution in [0.4, 0.5) is 5.82 Å². The molecule has 6 nitrogen and oxygen atoms in total. The molecule has 0 amide bonds. The van der Waals surface area contributed by atoms with Gasteiger partial charge in [-0.05, 0) is 36.1 Å². The zero-order valence-electron chi connectivity index (χ0n) is 13.4. The number of hydrogen-bond acceptors (Lipinski definition) is 6. The van der Waals surface area contributed by atoms with Gasteiger partial charge in [-0.2, -0.15) is 4.98 Å². The van der Waals surface area contributed by atoms with Gasteiger partial charge in [0.05, 0.1) is 5.56 Å². The molecule has 3 rings (SSSR count). The third-order valence-electron chi connectivity index (χ3n) is 3.40. The highest BCUT2D eigenvalue weighted by Gasteiger charge is 2.14. The quantitative estimate of drug-likeness (QED) is 0.778. The molecule has 0 spiro atoms. The average molecular weight is 309 g/mol. The first-order valence-corrected chi connectivity index (χ1v) is 7.59. The molecule has 3 aromatic heterocycles. The minimum absolute atomic E-state index is 0.405. The third kappa shape index (κ3) is 3.36. The van der Waals surface area contributed by atoms with Gasteiger partial charge in [0.2, 0.25) is 5.82 Å². The number of aromatic nitrogens is 4. The fourth-order valence-corrected chi connectivity index (χ4v) is 2.37. The number of nitrogens with zero attached hydrogens (tertiary/aromatic N) is 4. The van der Waals surface area contributed by atoms with E-state index in [1.165, 1.54) is 5.56 Å². The van der Waals surface area contributed by atoms with Gasteiger partial charge in [0, 0.05) is 19.4 Å². The van der Waals surface area contributed by atoms with Crippen molar-refractivity contribution >= 4 is 5.82 Å². The van der Waals surface area contributed by atoms with Crippen LogP contribution in [0.15, 0.2) is 41.2 Å². The first-order chi connectivity index (χ1) is 11.2. The van der Waals surface area contributed by atoms with Crippen LogP contribution >= 0.6 is 0 Å². The molecule has 0 aliphatic carbocycles. The van der Waals surface area contributed by atoms with Crippen molar-refractivity contribution in [1.29, 1.82) is 0 Å². The molecule has 3 heterocycles. The lowest BCUT2D eigenvalue weighted by atomic mass is 10.0. The van der Waals surface area contributed by atoms with Gasteiger partial charge >= 0.3 is 0 Å². The van der Waals surface area contributed by atoms with Crippen molar-refractivity contribution in [1.82, 2.24) is 20.1 Å². The van der Waals surface area contributed by atoms with Gasteiger partial charge in [-0.1, -0.05) is 25.1 Å². The van der Waals surface area contributed by atoms with Gasteiger partial charge < -0.3 is 9.84 Å². The van der Waals surface area contributed by atoms with Crippen LogP contribution in [0.3, 0.4) is 0 Å². The first-order valence-electron chi connectivity index (χ1n) is 7.59. The lowest BCUT2D eigenvalue weighted by molar-refractivity contribution is 0.431. The fraction of sp³-hybridized carbons (Fsp3) is 0.294. The summed E-state index contributed by atoms with van der Waals surface area (Å²) >= 11 is 0. The lowest BCUT2D eigenvalue weighted by Crippen LogP contribution is -1.96. The molecule has 0 radical (unpaired) electrons. The highest BCUT2D eigenvalue weighted by atomic mass is 16.5. The molecule has 0 aliphatic heterocycles. The van der Waals surface area contributed by atoms with E-state index in [2.05, 4.69) is 45.3 Å². The van der Waals surface area contributed by atoms with Gasteiger partial charge in [-0.15, -0.1) is 0 Å². The predicted molar refractivity (Wildman–Crippen MR) is 88.8 cm³/mol. The Kier molecular flexibility index (Phi) is 4.32. The molecule has 118 valence electrons. The van der Waals surface area contributed by atoms with Crippen LogP contribution in [0.2, 0.25) is 0 Å². The van der Waals surface area contributed by atoms with Crippen LogP contribution in [0.25, 0.3) is 23.0 Å². The van der Waals surface area contributed by atoms with E-state index in [0.29, 0.717) is 29.1 Å². The van der Waals surface area contributed by atoms with Crippen LogP contribution in [-0.2, 0) is 6.42 Å². The first kappa shape index (κ1) is 15.1. The third-order valence-corrected chi connectivity index (χ3v) is 3.40. The van der Waals surface area contributed by atoms with E-state index in [0.717, 1.165) is 12.0 Å². The maximum absolute atomic E-state index is 5.35. The Hall–Kier alpha value is -2.76. The Morgan fingerprint density at radius 3 is 2.74 bits per heavy atom. The number of anilines is 1. The van der Waals surface area contributed by atoms with E-state index in [1.54, 1.807) is 6.20 Å². The van der Waals surface area contributed by atoms with E-state index in [1.807, 2.05) is 31.4 Å². The highest BCUT2D eigenvalue weighted by Crippen LogP contribution is 2.25. The topological polar surface area (TPSA) is 76.7 Å². The summed E-state index contributed by atoms with van der Waals surface area (Å²) < 4.78 is 5.35. The van der Waals surface area contributed by atoms with Crippen molar-refractivity contribution in [2.45, 2.75) is 20.3 Å². The van der Waals surface area contributed by atoms with E-state index in [4.69, 9.17) is 4.52 Å². The van der Waals surface area contributed by atoms with Crippen molar-refractivity contribution in [2.75, 3.05) is 12.4 Å². The molecular formula is C17H19N5O. The molecule has 0 aliphatic rings. The summed E-state index contributed by atoms with van der Waals surface area (Å²) in [7, 11) is 1.81. The molecule has 0 atom stereocenters. The second-order valence-electron chi connectivity index (χ2n) is 5.72. The largest absolute Gasteiger partial charge is 0.373 e. The molecule has 23 heavy (non-hydrogen) atoms. The molecule has 3 aromatic rings. The molecule has 0 saturated carbocycles. The van der Waals surface area contributed by atoms with E-state index >= 15 is 0 Å². The maximum Gasteiger partial charge on any atom is 0.276 e. The Morgan fingerprint density at radius 1 is 1.17 bits per heavy atom. The monoisotopic (exact) mass is 309 g/mol. The molecule has 0 unspecified atom stereocenters. The number of rotatable bonds is 5. The van der Waals surface area contributed by atoms with Gasteiger partial charge in [-0.3, -0.25) is 4.98 Å². The van der Waals surface area contributed by atoms with E-state index < -0.39 is 0 Å². The predicted octanol–water partition coefficient (Wildman–Crippen LogP) is 3.43. The molecule has 1 N–H and O–H groups in total. The van der Waals surface area contributed by atoms with Crippen molar-refractivity contribution in [3.63, 3.8) is 0 Å². The summed E-state index contributed by atoms with van der Waals surface area (Å²) in [5.41, 5.74) is 2.67. The van der Waals surface area contributed by atoms with Crippen LogP contribution in [0.1, 0.15) is 19.4 Å². The van der Waals surface area contributed by atoms with Crippen molar-refractivity contribution in [2.24, 2.45) is 5.92 Å². The summed E-state index contributed by atoms with van der Waals surface area (Å²) in [6.45, 7) is 4.37. The zero-order valence-corrected chi connectivity index (χ0v) is 13.4. The summed E-state index contributed by atoms with van der Waals surface area (Å²) in [6, 6.07) is 7.70. The molecular weight excluding hydrogens is 290 g/mol. The number of pyridine rings is 2. The minimum Gasteiger partial charge on any atom is -0.373 e. The van der Waals surface area contributed by atoms with Gasteiger partial charge in [0.1, 0.15) is 11.5 Å². The molecule has 0 bridgehead atoms. The molecule has 0 aromatic carbocycles. The van der Waals surface area contributed by atoms with Crippen molar-refractivity contribution in [3.05, 3.63) is 42.2 Å². The Morgan fingerprint density at radius 2 is 2.04 bits per heavy atom. The van der Waals surface area contributed by atoms with E-state index in [-0.39, 0.29) is 0 Å². The molecule has 0 saturated heterocycles. The van der Waals surface area contributed by atoms with Crippen LogP contribution in [0, 0.1) is 5.92 Å². The van der Waals surface area contributed by atoms with Gasteiger partial charge in [-0.25, -0.2) is 4.98 Å². The Bertz CT molecular complexity index is 780. The lowest BCUT2D eigenvalue weighted by Gasteiger charge is -2.04. The van der Waals surface area contributed by atoms with Crippen molar-refractivity contribution in [3.8, 4) is 23.0 Å². The van der Waals surface area contributed by atoms with E-state index in [9.17, 15) is 0 Å². The Balaban J connectivity index is 1.87. The molecule has 0 fully saturated rings. The summed E-state index contributed by atoms with van der Waals surface area (Å²) in [6.07, 6.45) is 4.58. The second-order valence-corrected chi connectivity index (χ2v) is 5.72. The maximum atomic E-state index is 5.35. The number of hydrogen-bond donors (Lipinski definition) is 1. The summed E-state index contributed by atoms with van der Waals surface area (Å²) in [4.78, 5) is 13.1. The Labute approximate surface area is 135 Å². The van der Waals surface area contributed by atoms with Crippen molar-refractivity contribution < 1.29 is 4.52 Å². The standard InChI is InChI=1S/C17H19N5O/c1-11(2)9-12-6-7-14(20-10-12)17-21-16(22-23-17)13-5-4-8-19-15(13)18-3/h4-8,10-11H,9H2,1-3H3,(H,18,19). The second kappa shape index (κ2) is 6.56. The normalized spacial score (nSPS) is 11.0. The smallest absolute Gasteiger partial charge is 0.276 e. The van der Waals surface area contributed by atoms with Gasteiger partial charge in [0.15, 0.2) is 0 Å². The number of nitrogens with one attached hydrogen (secondary N) is 1. The van der Waals surface area contributed by atoms with Crippen LogP contribution < -0.4 is 5.32 Å². The summed E-state index contributed by atoms with van der Waals surface area (Å²) in [5, 5.41) is 7.06. The molecule has 6 heteroatoms. The van der Waals surface area contributed by atoms with Gasteiger partial charge in [0.25, 0.3) is 5.89 Å². The SMILES string of the molecule is CNc1ncccc1-c1noc(-c2ccc(CC(C)C)cn2)n1. The highest BCUT2D eigenvalue weighted by molar-refractivity contribution is 5.70. The van der Waals surface area contributed by atoms with Crippen LogP contribution in [-0.4, -0.2) is 27.2 Å². The fourth-order valence-electron chi connectivity index (χ4n) is 2.37. The summed E-state index contributed by atoms with van der Waals surface area (Å²) in [5.74, 6) is 2.20.